The van der Waals surface area contributed by atoms with Gasteiger partial charge in [0.15, 0.2) is 0 Å². The van der Waals surface area contributed by atoms with Crippen molar-refractivity contribution in [2.75, 3.05) is 23.3 Å². The molecule has 10 heteroatoms. The molecule has 0 fully saturated rings. The van der Waals surface area contributed by atoms with Gasteiger partial charge in [-0.2, -0.15) is 0 Å². The molecule has 0 bridgehead atoms. The Balaban J connectivity index is 1.93. The molecular formula is C25H26ClN3O5S. The van der Waals surface area contributed by atoms with Crippen LogP contribution in [0.5, 0.6) is 5.75 Å². The third kappa shape index (κ3) is 6.52. The normalized spacial score (nSPS) is 11.1. The number of nitrogens with zero attached hydrogens (tertiary/aromatic N) is 1. The number of ether oxygens (including phenoxy) is 1. The molecule has 0 radical (unpaired) electrons. The molecule has 35 heavy (non-hydrogen) atoms. The summed E-state index contributed by atoms with van der Waals surface area (Å²) >= 11 is 6.10. The van der Waals surface area contributed by atoms with Gasteiger partial charge in [-0.05, 0) is 68.4 Å². The number of hydrogen-bond donors (Lipinski definition) is 2. The van der Waals surface area contributed by atoms with Crippen molar-refractivity contribution < 1.29 is 22.7 Å². The fourth-order valence-corrected chi connectivity index (χ4v) is 4.87. The second-order valence-corrected chi connectivity index (χ2v) is 10.2. The maximum absolute atomic E-state index is 13.5. The van der Waals surface area contributed by atoms with Crippen molar-refractivity contribution in [2.24, 2.45) is 0 Å². The average Bonchev–Trinajstić information content (AvgIpc) is 2.82. The Morgan fingerprint density at radius 3 is 2.31 bits per heavy atom. The first-order valence-corrected chi connectivity index (χ1v) is 12.6. The predicted octanol–water partition coefficient (Wildman–Crippen LogP) is 4.32. The molecule has 0 aliphatic heterocycles. The van der Waals surface area contributed by atoms with E-state index < -0.39 is 22.5 Å². The summed E-state index contributed by atoms with van der Waals surface area (Å²) in [7, 11) is -2.67. The van der Waals surface area contributed by atoms with Crippen molar-refractivity contribution in [3.63, 3.8) is 0 Å². The molecule has 0 saturated heterocycles. The van der Waals surface area contributed by atoms with Crippen LogP contribution in [0.4, 0.5) is 11.4 Å². The number of hydrogen-bond acceptors (Lipinski definition) is 5. The number of sulfonamides is 1. The molecule has 184 valence electrons. The maximum Gasteiger partial charge on any atom is 0.264 e. The Labute approximate surface area is 209 Å². The van der Waals surface area contributed by atoms with Gasteiger partial charge in [-0.1, -0.05) is 29.8 Å². The molecular weight excluding hydrogens is 490 g/mol. The Hall–Kier alpha value is -3.56. The summed E-state index contributed by atoms with van der Waals surface area (Å²) in [5, 5.41) is 5.76. The van der Waals surface area contributed by atoms with Crippen molar-refractivity contribution in [3.8, 4) is 5.75 Å². The van der Waals surface area contributed by atoms with E-state index in [1.165, 1.54) is 37.4 Å². The van der Waals surface area contributed by atoms with Crippen LogP contribution in [0.25, 0.3) is 0 Å². The molecule has 0 aliphatic carbocycles. The lowest BCUT2D eigenvalue weighted by Crippen LogP contribution is -2.38. The molecule has 0 heterocycles. The van der Waals surface area contributed by atoms with Gasteiger partial charge in [-0.3, -0.25) is 13.9 Å². The summed E-state index contributed by atoms with van der Waals surface area (Å²) in [4.78, 5) is 25.6. The van der Waals surface area contributed by atoms with Crippen molar-refractivity contribution >= 4 is 44.8 Å². The number of rotatable bonds is 9. The Morgan fingerprint density at radius 1 is 1.00 bits per heavy atom. The fraction of sp³-hybridized carbons (Fsp3) is 0.200. The summed E-state index contributed by atoms with van der Waals surface area (Å²) in [6.45, 7) is 3.10. The van der Waals surface area contributed by atoms with Crippen LogP contribution in [0.2, 0.25) is 5.02 Å². The zero-order valence-electron chi connectivity index (χ0n) is 19.5. The van der Waals surface area contributed by atoms with Gasteiger partial charge in [0, 0.05) is 11.1 Å². The largest absolute Gasteiger partial charge is 0.497 e. The van der Waals surface area contributed by atoms with Crippen LogP contribution in [0.3, 0.4) is 0 Å². The van der Waals surface area contributed by atoms with Crippen LogP contribution in [0.1, 0.15) is 24.2 Å². The van der Waals surface area contributed by atoms with Crippen molar-refractivity contribution in [2.45, 2.75) is 24.8 Å². The molecule has 0 unspecified atom stereocenters. The summed E-state index contributed by atoms with van der Waals surface area (Å²) < 4.78 is 33.1. The van der Waals surface area contributed by atoms with E-state index in [2.05, 4.69) is 10.6 Å². The number of halogens is 1. The highest BCUT2D eigenvalue weighted by molar-refractivity contribution is 7.92. The third-order valence-corrected chi connectivity index (χ3v) is 6.92. The molecule has 0 atom stereocenters. The molecule has 2 amide bonds. The highest BCUT2D eigenvalue weighted by Gasteiger charge is 2.28. The lowest BCUT2D eigenvalue weighted by atomic mass is 10.1. The van der Waals surface area contributed by atoms with Crippen LogP contribution in [0.15, 0.2) is 77.7 Å². The summed E-state index contributed by atoms with van der Waals surface area (Å²) in [6, 6.07) is 18.4. The Bertz CT molecular complexity index is 1310. The number of benzene rings is 3. The van der Waals surface area contributed by atoms with Gasteiger partial charge in [0.25, 0.3) is 15.9 Å². The third-order valence-electron chi connectivity index (χ3n) is 4.90. The highest BCUT2D eigenvalue weighted by atomic mass is 35.5. The maximum atomic E-state index is 13.5. The molecule has 2 N–H and O–H groups in total. The first kappa shape index (κ1) is 26.1. The van der Waals surface area contributed by atoms with Crippen LogP contribution >= 0.6 is 11.6 Å². The first-order valence-electron chi connectivity index (χ1n) is 10.7. The monoisotopic (exact) mass is 515 g/mol. The van der Waals surface area contributed by atoms with Crippen molar-refractivity contribution in [3.05, 3.63) is 83.4 Å². The predicted molar refractivity (Wildman–Crippen MR) is 137 cm³/mol. The van der Waals surface area contributed by atoms with Gasteiger partial charge >= 0.3 is 0 Å². The molecule has 3 rings (SSSR count). The molecule has 3 aromatic rings. The van der Waals surface area contributed by atoms with Crippen LogP contribution in [-0.2, 0) is 14.8 Å². The minimum Gasteiger partial charge on any atom is -0.497 e. The van der Waals surface area contributed by atoms with Gasteiger partial charge in [0.1, 0.15) is 12.3 Å². The van der Waals surface area contributed by atoms with E-state index in [1.54, 1.807) is 42.5 Å². The number of anilines is 2. The van der Waals surface area contributed by atoms with E-state index in [9.17, 15) is 18.0 Å². The van der Waals surface area contributed by atoms with Crippen molar-refractivity contribution in [1.82, 2.24) is 5.32 Å². The van der Waals surface area contributed by atoms with Crippen LogP contribution < -0.4 is 19.7 Å². The van der Waals surface area contributed by atoms with E-state index in [1.807, 2.05) is 13.8 Å². The first-order chi connectivity index (χ1) is 16.6. The van der Waals surface area contributed by atoms with E-state index in [0.717, 1.165) is 4.31 Å². The zero-order chi connectivity index (χ0) is 25.6. The molecule has 0 aliphatic rings. The minimum atomic E-state index is -4.15. The summed E-state index contributed by atoms with van der Waals surface area (Å²) in [5.74, 6) is -0.493. The van der Waals surface area contributed by atoms with Gasteiger partial charge in [0.05, 0.1) is 28.9 Å². The number of carbonyl (C=O) groups excluding carboxylic acids is 2. The number of para-hydroxylation sites is 1. The fourth-order valence-electron chi connectivity index (χ4n) is 3.27. The minimum absolute atomic E-state index is 0.0252. The van der Waals surface area contributed by atoms with E-state index in [4.69, 9.17) is 16.3 Å². The van der Waals surface area contributed by atoms with E-state index in [-0.39, 0.29) is 33.8 Å². The number of carbonyl (C=O) groups is 2. The lowest BCUT2D eigenvalue weighted by Gasteiger charge is -2.24. The average molecular weight is 516 g/mol. The number of nitrogens with one attached hydrogen (secondary N) is 2. The molecule has 0 spiro atoms. The summed E-state index contributed by atoms with van der Waals surface area (Å²) in [6.07, 6.45) is 0. The molecule has 3 aromatic carbocycles. The van der Waals surface area contributed by atoms with Gasteiger partial charge < -0.3 is 15.4 Å². The van der Waals surface area contributed by atoms with Crippen molar-refractivity contribution in [1.29, 1.82) is 0 Å². The topological polar surface area (TPSA) is 105 Å². The van der Waals surface area contributed by atoms with Gasteiger partial charge in [-0.15, -0.1) is 0 Å². The smallest absolute Gasteiger partial charge is 0.264 e. The SMILES string of the molecule is COc1ccc(S(=O)(=O)N(CC(=O)Nc2ccccc2C(=O)NC(C)C)c2cccc(Cl)c2)cc1. The Kier molecular flexibility index (Phi) is 8.37. The Morgan fingerprint density at radius 2 is 1.69 bits per heavy atom. The lowest BCUT2D eigenvalue weighted by molar-refractivity contribution is -0.114. The second kappa shape index (κ2) is 11.2. The van der Waals surface area contributed by atoms with Crippen LogP contribution in [-0.4, -0.2) is 39.9 Å². The highest BCUT2D eigenvalue weighted by Crippen LogP contribution is 2.27. The summed E-state index contributed by atoms with van der Waals surface area (Å²) in [5.41, 5.74) is 0.750. The van der Waals surface area contributed by atoms with Gasteiger partial charge in [-0.25, -0.2) is 8.42 Å². The quantitative estimate of drug-likeness (QED) is 0.441. The number of methoxy groups -OCH3 is 1. The molecule has 0 saturated carbocycles. The van der Waals surface area contributed by atoms with Gasteiger partial charge in [0.2, 0.25) is 5.91 Å². The molecule has 0 aromatic heterocycles. The van der Waals surface area contributed by atoms with E-state index in [0.29, 0.717) is 10.8 Å². The van der Waals surface area contributed by atoms with Crippen LogP contribution in [0, 0.1) is 0 Å². The second-order valence-electron chi connectivity index (χ2n) is 7.89. The zero-order valence-corrected chi connectivity index (χ0v) is 21.1. The van der Waals surface area contributed by atoms with E-state index >= 15 is 0 Å². The standard InChI is InChI=1S/C25H26ClN3O5S/c1-17(2)27-25(31)22-9-4-5-10-23(22)28-24(30)16-29(19-8-6-7-18(26)15-19)35(32,33)21-13-11-20(34-3)12-14-21/h4-15,17H,16H2,1-3H3,(H,27,31)(H,28,30). The molecule has 8 nitrogen and oxygen atoms in total. The number of amides is 2.